The minimum Gasteiger partial charge on any atom is -0.425 e. The van der Waals surface area contributed by atoms with Crippen LogP contribution in [0.2, 0.25) is 5.02 Å². The molecule has 0 aliphatic rings. The van der Waals surface area contributed by atoms with Gasteiger partial charge >= 0.3 is 5.97 Å². The van der Waals surface area contributed by atoms with E-state index in [0.717, 1.165) is 0 Å². The van der Waals surface area contributed by atoms with Gasteiger partial charge in [-0.05, 0) is 30.3 Å². The highest BCUT2D eigenvalue weighted by molar-refractivity contribution is 7.92. The van der Waals surface area contributed by atoms with Crippen LogP contribution in [0, 0.1) is 0 Å². The quantitative estimate of drug-likeness (QED) is 0.692. The SMILES string of the molecule is CC(=O)Oc1ccc(NS(=O)(=O)c2ccccc2)cc1Cl. The summed E-state index contributed by atoms with van der Waals surface area (Å²) in [5.74, 6) is -0.332. The van der Waals surface area contributed by atoms with Crippen molar-refractivity contribution in [1.82, 2.24) is 0 Å². The zero-order valence-electron chi connectivity index (χ0n) is 11.0. The Morgan fingerprint density at radius 3 is 2.38 bits per heavy atom. The second-order valence-corrected chi connectivity index (χ2v) is 6.25. The number of rotatable bonds is 4. The molecular formula is C14H12ClNO4S. The fraction of sp³-hybridized carbons (Fsp3) is 0.0714. The van der Waals surface area contributed by atoms with E-state index in [1.165, 1.54) is 37.3 Å². The summed E-state index contributed by atoms with van der Waals surface area (Å²) in [5.41, 5.74) is 0.278. The standard InChI is InChI=1S/C14H12ClNO4S/c1-10(17)20-14-8-7-11(9-13(14)15)16-21(18,19)12-5-3-2-4-6-12/h2-9,16H,1H3. The molecule has 0 aliphatic carbocycles. The van der Waals surface area contributed by atoms with Crippen molar-refractivity contribution in [3.63, 3.8) is 0 Å². The van der Waals surface area contributed by atoms with Crippen molar-refractivity contribution in [2.75, 3.05) is 4.72 Å². The first-order valence-electron chi connectivity index (χ1n) is 5.94. The van der Waals surface area contributed by atoms with Gasteiger partial charge in [-0.2, -0.15) is 0 Å². The van der Waals surface area contributed by atoms with Crippen LogP contribution < -0.4 is 9.46 Å². The molecule has 0 atom stereocenters. The number of hydrogen-bond acceptors (Lipinski definition) is 4. The number of ether oxygens (including phenoxy) is 1. The third kappa shape index (κ3) is 3.96. The number of carbonyl (C=O) groups is 1. The topological polar surface area (TPSA) is 72.5 Å². The molecule has 21 heavy (non-hydrogen) atoms. The Morgan fingerprint density at radius 2 is 1.81 bits per heavy atom. The van der Waals surface area contributed by atoms with E-state index in [-0.39, 0.29) is 21.4 Å². The monoisotopic (exact) mass is 325 g/mol. The first-order chi connectivity index (χ1) is 9.88. The second kappa shape index (κ2) is 6.15. The summed E-state index contributed by atoms with van der Waals surface area (Å²) in [5, 5.41) is 0.137. The maximum absolute atomic E-state index is 12.1. The van der Waals surface area contributed by atoms with E-state index in [9.17, 15) is 13.2 Å². The summed E-state index contributed by atoms with van der Waals surface area (Å²) < 4.78 is 31.5. The normalized spacial score (nSPS) is 11.0. The van der Waals surface area contributed by atoms with Crippen LogP contribution in [-0.4, -0.2) is 14.4 Å². The van der Waals surface area contributed by atoms with Crippen molar-refractivity contribution >= 4 is 33.3 Å². The molecular weight excluding hydrogens is 314 g/mol. The Hall–Kier alpha value is -2.05. The van der Waals surface area contributed by atoms with E-state index in [4.69, 9.17) is 16.3 Å². The van der Waals surface area contributed by atoms with Crippen LogP contribution in [0.3, 0.4) is 0 Å². The molecule has 0 heterocycles. The average molecular weight is 326 g/mol. The number of halogens is 1. The van der Waals surface area contributed by atoms with Gasteiger partial charge in [0.05, 0.1) is 15.6 Å². The molecule has 0 fully saturated rings. The fourth-order valence-electron chi connectivity index (χ4n) is 1.62. The van der Waals surface area contributed by atoms with E-state index >= 15 is 0 Å². The molecule has 5 nitrogen and oxygen atoms in total. The molecule has 2 rings (SSSR count). The predicted octanol–water partition coefficient (Wildman–Crippen LogP) is 3.07. The molecule has 0 saturated carbocycles. The zero-order valence-corrected chi connectivity index (χ0v) is 12.6. The third-order valence-corrected chi connectivity index (χ3v) is 4.18. The maximum Gasteiger partial charge on any atom is 0.308 e. The van der Waals surface area contributed by atoms with Crippen LogP contribution in [0.5, 0.6) is 5.75 Å². The lowest BCUT2D eigenvalue weighted by Gasteiger charge is -2.10. The summed E-state index contributed by atoms with van der Waals surface area (Å²) in [7, 11) is -3.68. The van der Waals surface area contributed by atoms with Crippen molar-refractivity contribution < 1.29 is 17.9 Å². The van der Waals surface area contributed by atoms with E-state index in [1.54, 1.807) is 18.2 Å². The molecule has 2 aromatic carbocycles. The van der Waals surface area contributed by atoms with Crippen LogP contribution in [0.25, 0.3) is 0 Å². The van der Waals surface area contributed by atoms with Gasteiger partial charge < -0.3 is 4.74 Å². The van der Waals surface area contributed by atoms with Gasteiger partial charge in [0.15, 0.2) is 0 Å². The number of carbonyl (C=O) groups excluding carboxylic acids is 1. The third-order valence-electron chi connectivity index (χ3n) is 2.49. The van der Waals surface area contributed by atoms with Crippen molar-refractivity contribution in [1.29, 1.82) is 0 Å². The fourth-order valence-corrected chi connectivity index (χ4v) is 2.91. The van der Waals surface area contributed by atoms with Crippen molar-refractivity contribution in [3.8, 4) is 5.75 Å². The molecule has 0 radical (unpaired) electrons. The smallest absolute Gasteiger partial charge is 0.308 e. The molecule has 0 aliphatic heterocycles. The highest BCUT2D eigenvalue weighted by Crippen LogP contribution is 2.28. The molecule has 7 heteroatoms. The van der Waals surface area contributed by atoms with Gasteiger partial charge in [-0.25, -0.2) is 8.42 Å². The first kappa shape index (κ1) is 15.3. The van der Waals surface area contributed by atoms with Crippen molar-refractivity contribution in [3.05, 3.63) is 53.6 Å². The van der Waals surface area contributed by atoms with Crippen LogP contribution in [0.4, 0.5) is 5.69 Å². The number of anilines is 1. The number of esters is 1. The van der Waals surface area contributed by atoms with Gasteiger partial charge in [0.2, 0.25) is 0 Å². The van der Waals surface area contributed by atoms with Gasteiger partial charge in [0, 0.05) is 6.92 Å². The van der Waals surface area contributed by atoms with Crippen LogP contribution in [-0.2, 0) is 14.8 Å². The highest BCUT2D eigenvalue weighted by Gasteiger charge is 2.14. The molecule has 0 bridgehead atoms. The maximum atomic E-state index is 12.1. The largest absolute Gasteiger partial charge is 0.425 e. The summed E-state index contributed by atoms with van der Waals surface area (Å²) in [6.45, 7) is 1.25. The average Bonchev–Trinajstić information content (AvgIpc) is 2.42. The van der Waals surface area contributed by atoms with Crippen molar-refractivity contribution in [2.45, 2.75) is 11.8 Å². The van der Waals surface area contributed by atoms with Gasteiger partial charge in [0.1, 0.15) is 5.75 Å². The number of sulfonamides is 1. The van der Waals surface area contributed by atoms with Gasteiger partial charge in [0.25, 0.3) is 10.0 Å². The minimum absolute atomic E-state index is 0.137. The lowest BCUT2D eigenvalue weighted by Crippen LogP contribution is -2.12. The van der Waals surface area contributed by atoms with E-state index in [1.807, 2.05) is 0 Å². The molecule has 1 N–H and O–H groups in total. The highest BCUT2D eigenvalue weighted by atomic mass is 35.5. The van der Waals surface area contributed by atoms with Gasteiger partial charge in [-0.3, -0.25) is 9.52 Å². The van der Waals surface area contributed by atoms with Crippen LogP contribution in [0.1, 0.15) is 6.92 Å². The molecule has 110 valence electrons. The lowest BCUT2D eigenvalue weighted by molar-refractivity contribution is -0.131. The van der Waals surface area contributed by atoms with Crippen LogP contribution in [0.15, 0.2) is 53.4 Å². The van der Waals surface area contributed by atoms with E-state index < -0.39 is 16.0 Å². The summed E-state index contributed by atoms with van der Waals surface area (Å²) in [6.07, 6.45) is 0. The van der Waals surface area contributed by atoms with Gasteiger partial charge in [-0.1, -0.05) is 29.8 Å². The Bertz CT molecular complexity index is 760. The Labute approximate surface area is 127 Å². The van der Waals surface area contributed by atoms with E-state index in [2.05, 4.69) is 4.72 Å². The summed E-state index contributed by atoms with van der Waals surface area (Å²) in [6, 6.07) is 12.2. The van der Waals surface area contributed by atoms with Crippen molar-refractivity contribution in [2.24, 2.45) is 0 Å². The molecule has 0 saturated heterocycles. The minimum atomic E-state index is -3.68. The summed E-state index contributed by atoms with van der Waals surface area (Å²) >= 11 is 5.94. The summed E-state index contributed by atoms with van der Waals surface area (Å²) in [4.78, 5) is 11.0. The van der Waals surface area contributed by atoms with Crippen LogP contribution >= 0.6 is 11.6 Å². The zero-order chi connectivity index (χ0) is 15.5. The van der Waals surface area contributed by atoms with Gasteiger partial charge in [-0.15, -0.1) is 0 Å². The first-order valence-corrected chi connectivity index (χ1v) is 7.80. The lowest BCUT2D eigenvalue weighted by atomic mass is 10.3. The molecule has 0 amide bonds. The number of hydrogen-bond donors (Lipinski definition) is 1. The molecule has 0 spiro atoms. The number of benzene rings is 2. The Balaban J connectivity index is 2.24. The number of nitrogens with one attached hydrogen (secondary N) is 1. The molecule has 0 unspecified atom stereocenters. The Kier molecular flexibility index (Phi) is 4.50. The van der Waals surface area contributed by atoms with E-state index in [0.29, 0.717) is 0 Å². The molecule has 0 aromatic heterocycles. The molecule has 2 aromatic rings. The predicted molar refractivity (Wildman–Crippen MR) is 80.0 cm³/mol. The Morgan fingerprint density at radius 1 is 1.14 bits per heavy atom. The second-order valence-electron chi connectivity index (χ2n) is 4.16.